The maximum atomic E-state index is 12.2. The number of ether oxygens (including phenoxy) is 1. The molecule has 1 aliphatic rings. The van der Waals surface area contributed by atoms with Crippen LogP contribution in [0.3, 0.4) is 0 Å². The third kappa shape index (κ3) is 4.95. The van der Waals surface area contributed by atoms with Crippen LogP contribution in [0.15, 0.2) is 36.8 Å². The molecular formula is C21H21N3O10. The van der Waals surface area contributed by atoms with E-state index in [1.807, 2.05) is 0 Å². The smallest absolute Gasteiger partial charge is 0.320 e. The van der Waals surface area contributed by atoms with Gasteiger partial charge in [-0.15, -0.1) is 0 Å². The minimum absolute atomic E-state index is 0.0205. The number of aromatic amines is 1. The minimum Gasteiger partial charge on any atom is -0.508 e. The molecule has 0 fully saturated rings. The molecule has 10 N–H and O–H groups in total. The van der Waals surface area contributed by atoms with Gasteiger partial charge in [-0.1, -0.05) is 0 Å². The number of aromatic hydroxyl groups is 5. The van der Waals surface area contributed by atoms with Crippen molar-refractivity contribution in [3.63, 3.8) is 0 Å². The van der Waals surface area contributed by atoms with E-state index < -0.39 is 53.0 Å². The highest BCUT2D eigenvalue weighted by Crippen LogP contribution is 2.44. The second-order valence-electron chi connectivity index (χ2n) is 7.32. The van der Waals surface area contributed by atoms with E-state index in [0.717, 1.165) is 30.0 Å². The summed E-state index contributed by atoms with van der Waals surface area (Å²) in [7, 11) is 0. The first-order chi connectivity index (χ1) is 16.0. The third-order valence-electron chi connectivity index (χ3n) is 4.85. The molecule has 0 amide bonds. The normalized spacial score (nSPS) is 17.6. The van der Waals surface area contributed by atoms with Gasteiger partial charge in [-0.05, 0) is 12.1 Å². The molecule has 2 unspecified atom stereocenters. The summed E-state index contributed by atoms with van der Waals surface area (Å²) in [4.78, 5) is 29.0. The number of carboxylic acid groups (broad SMARTS) is 1. The molecule has 13 nitrogen and oxygen atoms in total. The van der Waals surface area contributed by atoms with Gasteiger partial charge in [0.25, 0.3) is 0 Å². The number of aliphatic hydroxyl groups is 1. The van der Waals surface area contributed by atoms with Crippen LogP contribution in [-0.2, 0) is 11.2 Å². The van der Waals surface area contributed by atoms with E-state index in [-0.39, 0.29) is 29.0 Å². The number of carbonyl (C=O) groups excluding carboxylic acids is 1. The van der Waals surface area contributed by atoms with Crippen LogP contribution in [0, 0.1) is 0 Å². The van der Waals surface area contributed by atoms with E-state index in [2.05, 4.69) is 9.97 Å². The number of rotatable bonds is 4. The SMILES string of the molecule is N[C@@H](Cc1cnc[nH]1)C(=O)O.O=C1c2c(O)cc(O)cc2OC(c2cc(O)c(O)c(O)c2)C1O. The molecule has 13 heteroatoms. The molecule has 3 aromatic rings. The van der Waals surface area contributed by atoms with Gasteiger partial charge >= 0.3 is 5.97 Å². The molecule has 0 spiro atoms. The second kappa shape index (κ2) is 9.56. The fraction of sp³-hybridized carbons (Fsp3) is 0.190. The van der Waals surface area contributed by atoms with Crippen LogP contribution in [0.1, 0.15) is 27.7 Å². The van der Waals surface area contributed by atoms with E-state index in [4.69, 9.17) is 15.6 Å². The highest BCUT2D eigenvalue weighted by Gasteiger charge is 2.39. The molecule has 4 rings (SSSR count). The predicted molar refractivity (Wildman–Crippen MR) is 113 cm³/mol. The zero-order valence-electron chi connectivity index (χ0n) is 17.3. The summed E-state index contributed by atoms with van der Waals surface area (Å²) < 4.78 is 5.42. The Morgan fingerprint density at radius 3 is 2.29 bits per heavy atom. The van der Waals surface area contributed by atoms with Crippen LogP contribution < -0.4 is 10.5 Å². The standard InChI is InChI=1S/C15H12O8.C6H9N3O2/c16-6-3-7(17)11-10(4-6)23-15(14(22)13(11)21)5-1-8(18)12(20)9(19)2-5;7-5(6(10)11)1-4-2-8-3-9-4/h1-4,14-20,22H;2-3,5H,1,7H2,(H,8,9)(H,10,11)/t;5-/m.0/s1. The lowest BCUT2D eigenvalue weighted by Crippen LogP contribution is -2.36. The maximum Gasteiger partial charge on any atom is 0.320 e. The first-order valence-corrected chi connectivity index (χ1v) is 9.65. The number of aliphatic carboxylic acids is 1. The summed E-state index contributed by atoms with van der Waals surface area (Å²) in [5, 5.41) is 66.1. The largest absolute Gasteiger partial charge is 0.508 e. The van der Waals surface area contributed by atoms with Crippen LogP contribution in [0.4, 0.5) is 0 Å². The molecule has 2 heterocycles. The first-order valence-electron chi connectivity index (χ1n) is 9.65. The molecule has 0 aliphatic carbocycles. The minimum atomic E-state index is -1.72. The van der Waals surface area contributed by atoms with Gasteiger partial charge < -0.3 is 51.2 Å². The zero-order chi connectivity index (χ0) is 25.2. The van der Waals surface area contributed by atoms with Gasteiger partial charge in [0.05, 0.1) is 6.33 Å². The molecule has 2 aromatic carbocycles. The fourth-order valence-electron chi connectivity index (χ4n) is 3.17. The van der Waals surface area contributed by atoms with E-state index in [1.165, 1.54) is 6.33 Å². The number of phenolic OH excluding ortho intramolecular Hbond substituents is 5. The van der Waals surface area contributed by atoms with E-state index in [0.29, 0.717) is 0 Å². The summed E-state index contributed by atoms with van der Waals surface area (Å²) in [5.74, 6) is -4.96. The molecule has 0 bridgehead atoms. The number of phenols is 5. The Morgan fingerprint density at radius 1 is 1.09 bits per heavy atom. The van der Waals surface area contributed by atoms with Gasteiger partial charge in [0.2, 0.25) is 5.78 Å². The number of hydrogen-bond acceptors (Lipinski definition) is 11. The summed E-state index contributed by atoms with van der Waals surface area (Å²) in [5.41, 5.74) is 5.74. The van der Waals surface area contributed by atoms with Gasteiger partial charge in [-0.3, -0.25) is 9.59 Å². The van der Waals surface area contributed by atoms with Crippen LogP contribution >= 0.6 is 0 Å². The number of carbonyl (C=O) groups is 2. The fourth-order valence-corrected chi connectivity index (χ4v) is 3.17. The summed E-state index contributed by atoms with van der Waals surface area (Å²) in [6.07, 6.45) is 0.303. The molecule has 3 atom stereocenters. The van der Waals surface area contributed by atoms with Crippen molar-refractivity contribution in [3.8, 4) is 34.5 Å². The molecule has 1 aliphatic heterocycles. The van der Waals surface area contributed by atoms with Gasteiger partial charge in [0, 0.05) is 36.0 Å². The highest BCUT2D eigenvalue weighted by molar-refractivity contribution is 6.05. The number of benzene rings is 2. The maximum absolute atomic E-state index is 12.2. The predicted octanol–water partition coefficient (Wildman–Crippen LogP) is 0.256. The third-order valence-corrected chi connectivity index (χ3v) is 4.85. The number of aromatic nitrogens is 2. The Kier molecular flexibility index (Phi) is 6.79. The number of H-pyrrole nitrogens is 1. The molecule has 0 saturated carbocycles. The molecule has 0 radical (unpaired) electrons. The van der Waals surface area contributed by atoms with Gasteiger partial charge in [-0.25, -0.2) is 4.98 Å². The zero-order valence-corrected chi connectivity index (χ0v) is 17.3. The first kappa shape index (κ1) is 24.2. The number of aliphatic hydroxyl groups excluding tert-OH is 1. The number of ketones is 1. The Morgan fingerprint density at radius 2 is 1.74 bits per heavy atom. The summed E-state index contributed by atoms with van der Waals surface area (Å²) >= 11 is 0. The van der Waals surface area contributed by atoms with Crippen molar-refractivity contribution in [1.29, 1.82) is 0 Å². The topological polar surface area (TPSA) is 240 Å². The summed E-state index contributed by atoms with van der Waals surface area (Å²) in [6.45, 7) is 0. The highest BCUT2D eigenvalue weighted by atomic mass is 16.5. The van der Waals surface area contributed by atoms with Crippen molar-refractivity contribution >= 4 is 11.8 Å². The summed E-state index contributed by atoms with van der Waals surface area (Å²) in [6, 6.07) is 3.21. The number of nitrogens with two attached hydrogens (primary N) is 1. The monoisotopic (exact) mass is 475 g/mol. The quantitative estimate of drug-likeness (QED) is 0.231. The average Bonchev–Trinajstić information content (AvgIpc) is 3.27. The van der Waals surface area contributed by atoms with Gasteiger partial charge in [0.1, 0.15) is 28.9 Å². The van der Waals surface area contributed by atoms with Gasteiger partial charge in [-0.2, -0.15) is 0 Å². The van der Waals surface area contributed by atoms with Gasteiger partial charge in [0.15, 0.2) is 29.5 Å². The van der Waals surface area contributed by atoms with E-state index >= 15 is 0 Å². The number of Topliss-reactive ketones (excluding diaryl/α,β-unsaturated/α-hetero) is 1. The molecule has 180 valence electrons. The van der Waals surface area contributed by atoms with Crippen LogP contribution in [0.5, 0.6) is 34.5 Å². The number of carboxylic acids is 1. The van der Waals surface area contributed by atoms with Crippen molar-refractivity contribution in [3.05, 3.63) is 53.6 Å². The number of hydrogen-bond donors (Lipinski definition) is 9. The number of imidazole rings is 1. The van der Waals surface area contributed by atoms with E-state index in [9.17, 15) is 40.2 Å². The lowest BCUT2D eigenvalue weighted by molar-refractivity contribution is -0.138. The Bertz CT molecular complexity index is 1190. The van der Waals surface area contributed by atoms with Crippen molar-refractivity contribution in [2.24, 2.45) is 5.73 Å². The van der Waals surface area contributed by atoms with Crippen molar-refractivity contribution < 1.29 is 50.1 Å². The van der Waals surface area contributed by atoms with Crippen molar-refractivity contribution in [2.75, 3.05) is 0 Å². The van der Waals surface area contributed by atoms with E-state index in [1.54, 1.807) is 6.20 Å². The van der Waals surface area contributed by atoms with Crippen LogP contribution in [0.25, 0.3) is 0 Å². The Labute approximate surface area is 191 Å². The lowest BCUT2D eigenvalue weighted by atomic mass is 9.92. The van der Waals surface area contributed by atoms with Crippen LogP contribution in [-0.4, -0.2) is 69.6 Å². The number of fused-ring (bicyclic) bond motifs is 1. The van der Waals surface area contributed by atoms with Crippen molar-refractivity contribution in [2.45, 2.75) is 24.7 Å². The lowest BCUT2D eigenvalue weighted by Gasteiger charge is -2.30. The molecule has 34 heavy (non-hydrogen) atoms. The molecule has 0 saturated heterocycles. The number of nitrogens with zero attached hydrogens (tertiary/aromatic N) is 1. The molecular weight excluding hydrogens is 454 g/mol. The second-order valence-corrected chi connectivity index (χ2v) is 7.32. The molecule has 1 aromatic heterocycles. The Balaban J connectivity index is 0.000000248. The number of nitrogens with one attached hydrogen (secondary N) is 1. The average molecular weight is 475 g/mol. The van der Waals surface area contributed by atoms with Crippen molar-refractivity contribution in [1.82, 2.24) is 9.97 Å². The van der Waals surface area contributed by atoms with Crippen LogP contribution in [0.2, 0.25) is 0 Å². The Hall–Kier alpha value is -4.49.